The molecule has 5 nitrogen and oxygen atoms in total. The molecule has 0 fully saturated rings. The summed E-state index contributed by atoms with van der Waals surface area (Å²) in [5.74, 6) is -1.21. The van der Waals surface area contributed by atoms with Gasteiger partial charge in [0.2, 0.25) is 0 Å². The first-order chi connectivity index (χ1) is 8.93. The maximum Gasteiger partial charge on any atom is 0.357 e. The van der Waals surface area contributed by atoms with Crippen LogP contribution in [0, 0.1) is 20.8 Å². The van der Waals surface area contributed by atoms with E-state index in [1.807, 2.05) is 32.9 Å². The van der Waals surface area contributed by atoms with E-state index in [1.165, 1.54) is 10.9 Å². The Bertz CT molecular complexity index is 648. The molecule has 1 aromatic heterocycles. The van der Waals surface area contributed by atoms with Gasteiger partial charge in [0, 0.05) is 6.20 Å². The van der Waals surface area contributed by atoms with Crippen LogP contribution in [-0.2, 0) is 0 Å². The van der Waals surface area contributed by atoms with Gasteiger partial charge in [0.25, 0.3) is 0 Å². The van der Waals surface area contributed by atoms with Crippen molar-refractivity contribution in [2.24, 2.45) is 0 Å². The summed E-state index contributed by atoms with van der Waals surface area (Å²) < 4.78 is 1.46. The lowest BCUT2D eigenvalue weighted by Crippen LogP contribution is -2.05. The van der Waals surface area contributed by atoms with Gasteiger partial charge in [-0.2, -0.15) is 5.10 Å². The SMILES string of the molecule is Cc1cc(C)c(-n2cc(C=O)c(C(=O)O)n2)c(C)c1. The second kappa shape index (κ2) is 4.68. The lowest BCUT2D eigenvalue weighted by molar-refractivity contribution is 0.0687. The number of carboxylic acid groups (broad SMARTS) is 1. The van der Waals surface area contributed by atoms with Crippen molar-refractivity contribution < 1.29 is 14.7 Å². The van der Waals surface area contributed by atoms with E-state index < -0.39 is 5.97 Å². The van der Waals surface area contributed by atoms with Gasteiger partial charge in [-0.25, -0.2) is 9.48 Å². The van der Waals surface area contributed by atoms with Crippen LogP contribution in [0.1, 0.15) is 37.5 Å². The number of nitrogens with zero attached hydrogens (tertiary/aromatic N) is 2. The number of carboxylic acids is 1. The molecule has 0 aliphatic heterocycles. The molecule has 0 aliphatic rings. The van der Waals surface area contributed by atoms with E-state index in [0.29, 0.717) is 6.29 Å². The van der Waals surface area contributed by atoms with Gasteiger partial charge < -0.3 is 5.11 Å². The second-order valence-electron chi connectivity index (χ2n) is 4.55. The highest BCUT2D eigenvalue weighted by atomic mass is 16.4. The summed E-state index contributed by atoms with van der Waals surface area (Å²) >= 11 is 0. The van der Waals surface area contributed by atoms with E-state index in [4.69, 9.17) is 5.11 Å². The van der Waals surface area contributed by atoms with Crippen molar-refractivity contribution in [2.75, 3.05) is 0 Å². The number of benzene rings is 1. The van der Waals surface area contributed by atoms with Gasteiger partial charge in [0.1, 0.15) is 0 Å². The molecule has 0 bridgehead atoms. The van der Waals surface area contributed by atoms with E-state index >= 15 is 0 Å². The molecule has 0 radical (unpaired) electrons. The molecular weight excluding hydrogens is 244 g/mol. The number of aldehydes is 1. The Morgan fingerprint density at radius 2 is 1.84 bits per heavy atom. The largest absolute Gasteiger partial charge is 0.476 e. The molecule has 0 aliphatic carbocycles. The molecule has 19 heavy (non-hydrogen) atoms. The first-order valence-corrected chi connectivity index (χ1v) is 5.80. The predicted octanol–water partition coefficient (Wildman–Crippen LogP) is 2.31. The summed E-state index contributed by atoms with van der Waals surface area (Å²) in [5, 5.41) is 13.0. The Hall–Kier alpha value is -2.43. The fourth-order valence-corrected chi connectivity index (χ4v) is 2.29. The standard InChI is InChI=1S/C14H14N2O3/c1-8-4-9(2)13(10(3)5-8)16-6-11(7-17)12(15-16)14(18)19/h4-7H,1-3H3,(H,18,19). The zero-order valence-electron chi connectivity index (χ0n) is 11.0. The second-order valence-corrected chi connectivity index (χ2v) is 4.55. The van der Waals surface area contributed by atoms with Crippen LogP contribution in [0.15, 0.2) is 18.3 Å². The van der Waals surface area contributed by atoms with Gasteiger partial charge in [0.15, 0.2) is 12.0 Å². The number of aromatic carboxylic acids is 1. The fourth-order valence-electron chi connectivity index (χ4n) is 2.29. The molecule has 2 rings (SSSR count). The minimum absolute atomic E-state index is 0.0758. The van der Waals surface area contributed by atoms with Crippen LogP contribution in [0.2, 0.25) is 0 Å². The molecule has 98 valence electrons. The summed E-state index contributed by atoms with van der Waals surface area (Å²) in [5.41, 5.74) is 3.74. The predicted molar refractivity (Wildman–Crippen MR) is 70.1 cm³/mol. The molecule has 0 spiro atoms. The highest BCUT2D eigenvalue weighted by molar-refractivity contribution is 5.95. The van der Waals surface area contributed by atoms with Crippen LogP contribution in [0.5, 0.6) is 0 Å². The molecule has 0 unspecified atom stereocenters. The summed E-state index contributed by atoms with van der Waals surface area (Å²) in [6, 6.07) is 3.98. The molecule has 1 heterocycles. The monoisotopic (exact) mass is 258 g/mol. The van der Waals surface area contributed by atoms with Crippen molar-refractivity contribution in [1.29, 1.82) is 0 Å². The number of hydrogen-bond acceptors (Lipinski definition) is 3. The molecule has 2 aromatic rings. The average Bonchev–Trinajstić information content (AvgIpc) is 2.71. The van der Waals surface area contributed by atoms with Crippen molar-refractivity contribution in [2.45, 2.75) is 20.8 Å². The Morgan fingerprint density at radius 1 is 1.26 bits per heavy atom. The van der Waals surface area contributed by atoms with E-state index in [9.17, 15) is 9.59 Å². The van der Waals surface area contributed by atoms with Crippen LogP contribution in [0.3, 0.4) is 0 Å². The topological polar surface area (TPSA) is 72.2 Å². The molecule has 1 N–H and O–H groups in total. The van der Waals surface area contributed by atoms with Gasteiger partial charge in [-0.1, -0.05) is 17.7 Å². The molecule has 0 amide bonds. The van der Waals surface area contributed by atoms with E-state index in [2.05, 4.69) is 5.10 Å². The average molecular weight is 258 g/mol. The maximum absolute atomic E-state index is 11.0. The van der Waals surface area contributed by atoms with E-state index in [0.717, 1.165) is 22.4 Å². The first-order valence-electron chi connectivity index (χ1n) is 5.80. The lowest BCUT2D eigenvalue weighted by atomic mass is 10.1. The minimum atomic E-state index is -1.21. The Kier molecular flexibility index (Phi) is 3.21. The molecule has 0 atom stereocenters. The summed E-state index contributed by atoms with van der Waals surface area (Å²) in [7, 11) is 0. The van der Waals surface area contributed by atoms with Gasteiger partial charge in [-0.05, 0) is 31.9 Å². The van der Waals surface area contributed by atoms with Crippen LogP contribution < -0.4 is 0 Å². The third-order valence-electron chi connectivity index (χ3n) is 2.94. The maximum atomic E-state index is 11.0. The summed E-state index contributed by atoms with van der Waals surface area (Å²) in [4.78, 5) is 21.9. The lowest BCUT2D eigenvalue weighted by Gasteiger charge is -2.10. The van der Waals surface area contributed by atoms with E-state index in [1.54, 1.807) is 0 Å². The Morgan fingerprint density at radius 3 is 2.26 bits per heavy atom. The molecule has 0 saturated heterocycles. The molecular formula is C14H14N2O3. The van der Waals surface area contributed by atoms with Gasteiger partial charge in [0.05, 0.1) is 11.3 Å². The first kappa shape index (κ1) is 13.0. The molecule has 1 aromatic carbocycles. The van der Waals surface area contributed by atoms with Crippen LogP contribution >= 0.6 is 0 Å². The van der Waals surface area contributed by atoms with Crippen LogP contribution in [-0.4, -0.2) is 27.1 Å². The minimum Gasteiger partial charge on any atom is -0.476 e. The highest BCUT2D eigenvalue weighted by Gasteiger charge is 2.17. The normalized spacial score (nSPS) is 10.5. The van der Waals surface area contributed by atoms with Gasteiger partial charge in [-0.3, -0.25) is 4.79 Å². The number of rotatable bonds is 3. The quantitative estimate of drug-likeness (QED) is 0.857. The third kappa shape index (κ3) is 2.27. The Balaban J connectivity index is 2.66. The molecule has 5 heteroatoms. The van der Waals surface area contributed by atoms with Gasteiger partial charge >= 0.3 is 5.97 Å². The van der Waals surface area contributed by atoms with Crippen molar-refractivity contribution in [3.05, 3.63) is 46.3 Å². The smallest absolute Gasteiger partial charge is 0.357 e. The zero-order chi connectivity index (χ0) is 14.2. The summed E-state index contributed by atoms with van der Waals surface area (Å²) in [6.07, 6.45) is 1.95. The zero-order valence-corrected chi connectivity index (χ0v) is 11.0. The van der Waals surface area contributed by atoms with E-state index in [-0.39, 0.29) is 11.3 Å². The third-order valence-corrected chi connectivity index (χ3v) is 2.94. The van der Waals surface area contributed by atoms with Crippen molar-refractivity contribution >= 4 is 12.3 Å². The number of carbonyl (C=O) groups excluding carboxylic acids is 1. The Labute approximate surface area is 110 Å². The fraction of sp³-hybridized carbons (Fsp3) is 0.214. The van der Waals surface area contributed by atoms with Crippen molar-refractivity contribution in [3.63, 3.8) is 0 Å². The van der Waals surface area contributed by atoms with Gasteiger partial charge in [-0.15, -0.1) is 0 Å². The number of aromatic nitrogens is 2. The highest BCUT2D eigenvalue weighted by Crippen LogP contribution is 2.21. The number of aryl methyl sites for hydroxylation is 3. The van der Waals surface area contributed by atoms with Crippen LogP contribution in [0.4, 0.5) is 0 Å². The number of carbonyl (C=O) groups is 2. The van der Waals surface area contributed by atoms with Crippen LogP contribution in [0.25, 0.3) is 5.69 Å². The summed E-state index contributed by atoms with van der Waals surface area (Å²) in [6.45, 7) is 5.85. The number of hydrogen-bond donors (Lipinski definition) is 1. The molecule has 0 saturated carbocycles. The van der Waals surface area contributed by atoms with Crippen molar-refractivity contribution in [3.8, 4) is 5.69 Å². The van der Waals surface area contributed by atoms with Crippen molar-refractivity contribution in [1.82, 2.24) is 9.78 Å².